The summed E-state index contributed by atoms with van der Waals surface area (Å²) in [5.41, 5.74) is 23.3. The Hall–Kier alpha value is -6.78. The Kier molecular flexibility index (Phi) is 6.94. The molecular formula is C58H48BN3. The predicted octanol–water partition coefficient (Wildman–Crippen LogP) is 13.8. The van der Waals surface area contributed by atoms with Gasteiger partial charge in [0.25, 0.3) is 0 Å². The molecule has 3 nitrogen and oxygen atoms in total. The van der Waals surface area contributed by atoms with Gasteiger partial charge in [0.2, 0.25) is 0 Å². The molecule has 0 N–H and O–H groups in total. The van der Waals surface area contributed by atoms with Crippen molar-refractivity contribution in [3.8, 4) is 33.6 Å². The van der Waals surface area contributed by atoms with E-state index in [0.717, 1.165) is 0 Å². The summed E-state index contributed by atoms with van der Waals surface area (Å²) < 4.78 is 7.95. The summed E-state index contributed by atoms with van der Waals surface area (Å²) in [6.07, 6.45) is 0. The van der Waals surface area contributed by atoms with Gasteiger partial charge in [-0.2, -0.15) is 0 Å². The van der Waals surface area contributed by atoms with Crippen LogP contribution in [-0.2, 0) is 10.8 Å². The van der Waals surface area contributed by atoms with Gasteiger partial charge in [-0.3, -0.25) is 0 Å². The van der Waals surface area contributed by atoms with E-state index >= 15 is 0 Å². The van der Waals surface area contributed by atoms with E-state index < -0.39 is 0 Å². The van der Waals surface area contributed by atoms with Crippen LogP contribution in [-0.4, -0.2) is 20.5 Å². The Bertz CT molecular complexity index is 3760. The molecule has 2 aliphatic rings. The van der Waals surface area contributed by atoms with Crippen LogP contribution in [0.4, 0.5) is 0 Å². The largest absolute Gasteiger partial charge is 0.375 e. The van der Waals surface area contributed by atoms with Crippen LogP contribution >= 0.6 is 0 Å². The minimum atomic E-state index is -0.0506. The van der Waals surface area contributed by atoms with Crippen molar-refractivity contribution < 1.29 is 0 Å². The monoisotopic (exact) mass is 797 g/mol. The van der Waals surface area contributed by atoms with Crippen LogP contribution in [0.3, 0.4) is 0 Å². The summed E-state index contributed by atoms with van der Waals surface area (Å²) in [5, 5.41) is 7.87. The Morgan fingerprint density at radius 1 is 0.435 bits per heavy atom. The Labute approximate surface area is 362 Å². The van der Waals surface area contributed by atoms with Crippen molar-refractivity contribution >= 4 is 83.2 Å². The topological polar surface area (TPSA) is 14.8 Å². The molecule has 0 unspecified atom stereocenters. The van der Waals surface area contributed by atoms with Crippen LogP contribution in [0.5, 0.6) is 0 Å². The number of para-hydroxylation sites is 2. The van der Waals surface area contributed by atoms with Crippen molar-refractivity contribution in [3.05, 3.63) is 168 Å². The summed E-state index contributed by atoms with van der Waals surface area (Å²) in [4.78, 5) is 0. The minimum Gasteiger partial charge on any atom is -0.375 e. The second kappa shape index (κ2) is 12.0. The van der Waals surface area contributed by atoms with E-state index in [-0.39, 0.29) is 17.7 Å². The average molecular weight is 798 g/mol. The van der Waals surface area contributed by atoms with E-state index in [1.807, 2.05) is 0 Å². The number of nitrogens with zero attached hydrogens (tertiary/aromatic N) is 3. The fourth-order valence-electron chi connectivity index (χ4n) is 11.5. The van der Waals surface area contributed by atoms with Crippen molar-refractivity contribution in [2.24, 2.45) is 0 Å². The smallest absolute Gasteiger partial charge is 0.333 e. The first-order valence-electron chi connectivity index (χ1n) is 22.3. The maximum Gasteiger partial charge on any atom is 0.333 e. The van der Waals surface area contributed by atoms with Gasteiger partial charge in [-0.1, -0.05) is 126 Å². The zero-order chi connectivity index (χ0) is 42.1. The maximum absolute atomic E-state index is 2.75. The van der Waals surface area contributed by atoms with Gasteiger partial charge in [-0.15, -0.1) is 0 Å². The highest BCUT2D eigenvalue weighted by Gasteiger charge is 2.43. The Morgan fingerprint density at radius 2 is 1.08 bits per heavy atom. The second-order valence-corrected chi connectivity index (χ2v) is 20.4. The molecule has 0 bridgehead atoms. The highest BCUT2D eigenvalue weighted by Crippen LogP contribution is 2.49. The van der Waals surface area contributed by atoms with Gasteiger partial charge >= 0.3 is 6.85 Å². The number of aryl methyl sites for hydroxylation is 2. The highest BCUT2D eigenvalue weighted by molar-refractivity contribution is 6.90. The van der Waals surface area contributed by atoms with Gasteiger partial charge < -0.3 is 13.6 Å². The van der Waals surface area contributed by atoms with Crippen LogP contribution in [0.25, 0.3) is 99.0 Å². The van der Waals surface area contributed by atoms with E-state index in [0.29, 0.717) is 0 Å². The fourth-order valence-corrected chi connectivity index (χ4v) is 11.5. The van der Waals surface area contributed by atoms with Crippen molar-refractivity contribution in [2.45, 2.75) is 66.2 Å². The fraction of sp³-hybridized carbons (Fsp3) is 0.172. The maximum atomic E-state index is 2.75. The van der Waals surface area contributed by atoms with Gasteiger partial charge in [0.05, 0.1) is 22.1 Å². The van der Waals surface area contributed by atoms with Gasteiger partial charge in [-0.25, -0.2) is 0 Å². The third kappa shape index (κ3) is 4.67. The number of hydrogen-bond donors (Lipinski definition) is 0. The van der Waals surface area contributed by atoms with Crippen molar-refractivity contribution in [3.63, 3.8) is 0 Å². The lowest BCUT2D eigenvalue weighted by Crippen LogP contribution is -2.55. The Balaban J connectivity index is 1.29. The molecule has 0 atom stereocenters. The van der Waals surface area contributed by atoms with Crippen LogP contribution in [0.15, 0.2) is 146 Å². The standard InChI is InChI=1S/C58H48BN3/c1-33-24-34(2)26-39(25-33)60-48-20-14-12-18-40(48)46-32-47-56-52(55(46)60)41-19-13-15-21-49(41)61(56)51-28-36(35-16-10-9-11-17-35)27-43-45-31-38(58(6,7)8)30-44-42-29-37(57(3,4)5)22-23-50(42)62(54(44)45)59(47)53(43)51/h9-32H,1-8H3. The summed E-state index contributed by atoms with van der Waals surface area (Å²) in [7, 11) is 0. The summed E-state index contributed by atoms with van der Waals surface area (Å²) in [6.45, 7) is 18.5. The first-order valence-corrected chi connectivity index (χ1v) is 22.3. The number of aromatic nitrogens is 3. The third-order valence-corrected chi connectivity index (χ3v) is 14.3. The molecule has 0 radical (unpaired) electrons. The molecule has 0 amide bonds. The van der Waals surface area contributed by atoms with Crippen molar-refractivity contribution in [1.29, 1.82) is 0 Å². The minimum absolute atomic E-state index is 0.0149. The van der Waals surface area contributed by atoms with Crippen LogP contribution in [0.2, 0.25) is 0 Å². The van der Waals surface area contributed by atoms with Gasteiger partial charge in [-0.05, 0) is 135 Å². The molecule has 2 aliphatic heterocycles. The SMILES string of the molecule is Cc1cc(C)cc(-n2c3ccccc3c3cc4c5c(c6ccccc6n5-c5cc(-c6ccccc6)cc6c5B4n4c5ccc(C(C)(C)C)cc5c5cc(C(C)(C)C)cc-6c54)c32)c1. The summed E-state index contributed by atoms with van der Waals surface area (Å²) in [5.74, 6) is 0. The van der Waals surface area contributed by atoms with E-state index in [9.17, 15) is 0 Å². The van der Waals surface area contributed by atoms with Gasteiger partial charge in [0.15, 0.2) is 0 Å². The first-order chi connectivity index (χ1) is 29.8. The molecule has 5 heterocycles. The molecule has 62 heavy (non-hydrogen) atoms. The third-order valence-electron chi connectivity index (χ3n) is 14.3. The summed E-state index contributed by atoms with van der Waals surface area (Å²) >= 11 is 0. The Morgan fingerprint density at radius 3 is 1.81 bits per heavy atom. The molecule has 0 spiro atoms. The van der Waals surface area contributed by atoms with E-state index in [1.54, 1.807) is 0 Å². The number of rotatable bonds is 2. The number of fused-ring (bicyclic) bond motifs is 14. The quantitative estimate of drug-likeness (QED) is 0.155. The highest BCUT2D eigenvalue weighted by atomic mass is 15.0. The molecule has 13 rings (SSSR count). The molecule has 4 heteroatoms. The zero-order valence-corrected chi connectivity index (χ0v) is 36.8. The summed E-state index contributed by atoms with van der Waals surface area (Å²) in [6, 6.07) is 56.2. The molecular weight excluding hydrogens is 749 g/mol. The number of benzene rings is 8. The molecule has 0 fully saturated rings. The molecule has 8 aromatic carbocycles. The molecule has 3 aromatic heterocycles. The van der Waals surface area contributed by atoms with Crippen LogP contribution < -0.4 is 10.9 Å². The molecule has 298 valence electrons. The molecule has 11 aromatic rings. The van der Waals surface area contributed by atoms with Gasteiger partial charge in [0.1, 0.15) is 0 Å². The normalized spacial score (nSPS) is 13.5. The lowest BCUT2D eigenvalue weighted by atomic mass is 9.45. The van der Waals surface area contributed by atoms with E-state index in [4.69, 9.17) is 0 Å². The molecule has 0 aliphatic carbocycles. The lowest BCUT2D eigenvalue weighted by molar-refractivity contribution is 0.590. The average Bonchev–Trinajstić information content (AvgIpc) is 3.89. The van der Waals surface area contributed by atoms with E-state index in [2.05, 4.69) is 215 Å². The van der Waals surface area contributed by atoms with Gasteiger partial charge in [0, 0.05) is 60.3 Å². The first kappa shape index (κ1) is 35.9. The lowest BCUT2D eigenvalue weighted by Gasteiger charge is -2.35. The van der Waals surface area contributed by atoms with Crippen LogP contribution in [0.1, 0.15) is 63.8 Å². The molecule has 0 saturated carbocycles. The number of hydrogen-bond acceptors (Lipinski definition) is 0. The van der Waals surface area contributed by atoms with E-state index in [1.165, 1.54) is 132 Å². The van der Waals surface area contributed by atoms with Crippen molar-refractivity contribution in [2.75, 3.05) is 0 Å². The predicted molar refractivity (Wildman–Crippen MR) is 266 cm³/mol. The zero-order valence-electron chi connectivity index (χ0n) is 36.8. The van der Waals surface area contributed by atoms with Crippen LogP contribution in [0, 0.1) is 13.8 Å². The second-order valence-electron chi connectivity index (χ2n) is 20.4. The molecule has 0 saturated heterocycles. The van der Waals surface area contributed by atoms with Crippen molar-refractivity contribution in [1.82, 2.24) is 13.6 Å².